The van der Waals surface area contributed by atoms with Gasteiger partial charge in [-0.1, -0.05) is 25.8 Å². The van der Waals surface area contributed by atoms with Crippen LogP contribution in [0.3, 0.4) is 0 Å². The van der Waals surface area contributed by atoms with E-state index in [1.54, 1.807) is 5.57 Å². The van der Waals surface area contributed by atoms with Crippen LogP contribution in [0.1, 0.15) is 71.6 Å². The van der Waals surface area contributed by atoms with Crippen molar-refractivity contribution in [2.24, 2.45) is 28.6 Å². The molecule has 2 nitrogen and oxygen atoms in total. The maximum absolute atomic E-state index is 5.69. The molecule has 1 saturated heterocycles. The molecule has 0 aromatic rings. The van der Waals surface area contributed by atoms with Gasteiger partial charge >= 0.3 is 0 Å². The zero-order chi connectivity index (χ0) is 15.0. The maximum atomic E-state index is 5.69. The van der Waals surface area contributed by atoms with E-state index >= 15 is 0 Å². The van der Waals surface area contributed by atoms with Crippen LogP contribution in [0, 0.1) is 28.6 Å². The van der Waals surface area contributed by atoms with Gasteiger partial charge in [0.2, 0.25) is 5.79 Å². The van der Waals surface area contributed by atoms with Crippen molar-refractivity contribution in [3.63, 3.8) is 0 Å². The van der Waals surface area contributed by atoms with E-state index in [0.717, 1.165) is 24.2 Å². The fourth-order valence-corrected chi connectivity index (χ4v) is 7.43. The number of rotatable bonds is 0. The molecule has 5 aliphatic rings. The maximum Gasteiger partial charge on any atom is 0.218 e. The Morgan fingerprint density at radius 1 is 1.00 bits per heavy atom. The normalized spacial score (nSPS) is 52.3. The minimum Gasteiger partial charge on any atom is -0.251 e. The van der Waals surface area contributed by atoms with Crippen molar-refractivity contribution in [3.05, 3.63) is 11.6 Å². The Hall–Kier alpha value is 0.01000. The second-order valence-electron chi connectivity index (χ2n) is 9.13. The lowest BCUT2D eigenvalue weighted by Gasteiger charge is -2.59. The van der Waals surface area contributed by atoms with E-state index in [9.17, 15) is 0 Å². The van der Waals surface area contributed by atoms with Crippen molar-refractivity contribution in [3.8, 4) is 0 Å². The predicted octanol–water partition coefficient (Wildman–Crippen LogP) is 5.65. The first-order valence-corrected chi connectivity index (χ1v) is 9.97. The third-order valence-electron chi connectivity index (χ3n) is 8.25. The van der Waals surface area contributed by atoms with Crippen molar-refractivity contribution < 1.29 is 8.37 Å². The molecule has 0 aromatic heterocycles. The molecule has 0 amide bonds. The summed E-state index contributed by atoms with van der Waals surface area (Å²) in [6.45, 7) is 5.16. The Labute approximate surface area is 138 Å². The van der Waals surface area contributed by atoms with Gasteiger partial charge in [0.15, 0.2) is 12.3 Å². The molecule has 0 aromatic carbocycles. The monoisotopic (exact) mass is 320 g/mol. The van der Waals surface area contributed by atoms with E-state index in [0.29, 0.717) is 10.8 Å². The Bertz CT molecular complexity index is 526. The van der Waals surface area contributed by atoms with Crippen LogP contribution in [0.25, 0.3) is 0 Å². The molecule has 22 heavy (non-hydrogen) atoms. The largest absolute Gasteiger partial charge is 0.251 e. The van der Waals surface area contributed by atoms with Gasteiger partial charge in [0.1, 0.15) is 0 Å². The minimum absolute atomic E-state index is 0.358. The van der Waals surface area contributed by atoms with Crippen molar-refractivity contribution in [2.45, 2.75) is 77.4 Å². The molecule has 3 heteroatoms. The summed E-state index contributed by atoms with van der Waals surface area (Å²) in [6.07, 6.45) is 14.7. The third-order valence-corrected chi connectivity index (χ3v) is 8.95. The van der Waals surface area contributed by atoms with Crippen LogP contribution in [-0.2, 0) is 8.37 Å². The van der Waals surface area contributed by atoms with Gasteiger partial charge in [0, 0.05) is 6.42 Å². The first-order chi connectivity index (χ1) is 10.5. The topological polar surface area (TPSA) is 18.5 Å². The summed E-state index contributed by atoms with van der Waals surface area (Å²) < 4.78 is 11.4. The van der Waals surface area contributed by atoms with E-state index in [1.807, 2.05) is 0 Å². The average Bonchev–Trinajstić information content (AvgIpc) is 2.86. The molecule has 1 aliphatic heterocycles. The van der Waals surface area contributed by atoms with Crippen LogP contribution < -0.4 is 0 Å². The summed E-state index contributed by atoms with van der Waals surface area (Å²) in [4.78, 5) is 0. The average molecular weight is 320 g/mol. The molecule has 0 N–H and O–H groups in total. The molecule has 5 rings (SSSR count). The van der Waals surface area contributed by atoms with Gasteiger partial charge in [-0.05, 0) is 79.6 Å². The Kier molecular flexibility index (Phi) is 2.97. The van der Waals surface area contributed by atoms with E-state index < -0.39 is 0 Å². The minimum atomic E-state index is -0.358. The zero-order valence-electron chi connectivity index (χ0n) is 13.9. The van der Waals surface area contributed by atoms with Crippen LogP contribution in [0.5, 0.6) is 0 Å². The highest BCUT2D eigenvalue weighted by Gasteiger charge is 2.58. The zero-order valence-corrected chi connectivity index (χ0v) is 14.7. The molecule has 1 heterocycles. The summed E-state index contributed by atoms with van der Waals surface area (Å²) in [5, 5.41) is 0. The van der Waals surface area contributed by atoms with Crippen molar-refractivity contribution in [1.82, 2.24) is 0 Å². The first kappa shape index (κ1) is 14.4. The quantitative estimate of drug-likeness (QED) is 0.425. The summed E-state index contributed by atoms with van der Waals surface area (Å²) in [6, 6.07) is 0. The number of hydrogen-bond acceptors (Lipinski definition) is 3. The highest BCUT2D eigenvalue weighted by atomic mass is 32.2. The van der Waals surface area contributed by atoms with Crippen molar-refractivity contribution in [2.75, 3.05) is 0 Å². The van der Waals surface area contributed by atoms with Crippen LogP contribution in [0.2, 0.25) is 0 Å². The van der Waals surface area contributed by atoms with Gasteiger partial charge in [-0.3, -0.25) is 8.37 Å². The highest BCUT2D eigenvalue weighted by molar-refractivity contribution is 7.90. The highest BCUT2D eigenvalue weighted by Crippen LogP contribution is 2.66. The molecule has 122 valence electrons. The third kappa shape index (κ3) is 1.76. The number of fused-ring (bicyclic) bond motifs is 5. The van der Waals surface area contributed by atoms with Crippen LogP contribution in [0.4, 0.5) is 0 Å². The molecule has 3 saturated carbocycles. The molecule has 0 radical (unpaired) electrons. The molecule has 0 bridgehead atoms. The summed E-state index contributed by atoms with van der Waals surface area (Å²) in [5.41, 5.74) is 2.75. The molecule has 1 spiro atoms. The number of hydrogen-bond donors (Lipinski definition) is 0. The molecule has 4 aliphatic carbocycles. The molecular formula is C19H28O2S. The van der Waals surface area contributed by atoms with Crippen molar-refractivity contribution in [1.29, 1.82) is 0 Å². The fraction of sp³-hybridized carbons (Fsp3) is 0.895. The smallest absolute Gasteiger partial charge is 0.218 e. The Morgan fingerprint density at radius 2 is 1.86 bits per heavy atom. The van der Waals surface area contributed by atoms with E-state index in [4.69, 9.17) is 8.37 Å². The van der Waals surface area contributed by atoms with Gasteiger partial charge in [0.05, 0.1) is 0 Å². The van der Waals surface area contributed by atoms with Crippen molar-refractivity contribution >= 4 is 12.3 Å². The van der Waals surface area contributed by atoms with Gasteiger partial charge in [-0.25, -0.2) is 0 Å². The Morgan fingerprint density at radius 3 is 2.64 bits per heavy atom. The van der Waals surface area contributed by atoms with E-state index in [2.05, 4.69) is 19.9 Å². The van der Waals surface area contributed by atoms with Crippen LogP contribution in [0.15, 0.2) is 11.6 Å². The molecule has 4 fully saturated rings. The molecule has 5 atom stereocenters. The Balaban J connectivity index is 1.48. The van der Waals surface area contributed by atoms with Gasteiger partial charge in [-0.15, -0.1) is 0 Å². The second-order valence-corrected chi connectivity index (χ2v) is 9.60. The summed E-state index contributed by atoms with van der Waals surface area (Å²) in [5.74, 6) is 2.54. The van der Waals surface area contributed by atoms with Gasteiger partial charge in [0.25, 0.3) is 0 Å². The van der Waals surface area contributed by atoms with Crippen LogP contribution in [-0.4, -0.2) is 5.79 Å². The van der Waals surface area contributed by atoms with Gasteiger partial charge in [-0.2, -0.15) is 0 Å². The van der Waals surface area contributed by atoms with E-state index in [-0.39, 0.29) is 5.79 Å². The lowest BCUT2D eigenvalue weighted by Crippen LogP contribution is -2.52. The predicted molar refractivity (Wildman–Crippen MR) is 88.8 cm³/mol. The number of allylic oxidation sites excluding steroid dienone is 1. The second kappa shape index (κ2) is 4.55. The fourth-order valence-electron chi connectivity index (χ4n) is 6.93. The summed E-state index contributed by atoms with van der Waals surface area (Å²) in [7, 11) is 0. The van der Waals surface area contributed by atoms with Crippen LogP contribution >= 0.6 is 12.3 Å². The van der Waals surface area contributed by atoms with E-state index in [1.165, 1.54) is 63.7 Å². The lowest BCUT2D eigenvalue weighted by atomic mass is 9.47. The first-order valence-electron chi connectivity index (χ1n) is 9.31. The SMILES string of the molecule is C[C@@]12CCC[C@H]1[C@@H]1CCC3=CC4(CC[C@]3(C)[C@H]1CC2)OSO4. The summed E-state index contributed by atoms with van der Waals surface area (Å²) >= 11 is 1.17. The standard InChI is InChI=1S/C19H28O2S/c1-17-8-3-4-15(17)14-6-5-13-12-19(20-22-21-19)11-10-18(13,2)16(14)7-9-17/h12,14-16H,3-11H2,1-2H3/t14-,15-,16-,17-,18-/m0/s1. The molecule has 0 unspecified atom stereocenters. The molecular weight excluding hydrogens is 292 g/mol. The van der Waals surface area contributed by atoms with Gasteiger partial charge < -0.3 is 0 Å². The lowest BCUT2D eigenvalue weighted by molar-refractivity contribution is -0.144.